The summed E-state index contributed by atoms with van der Waals surface area (Å²) in [7, 11) is 6.10. The highest BCUT2D eigenvalue weighted by atomic mass is 15.2. The van der Waals surface area contributed by atoms with Crippen molar-refractivity contribution in [2.24, 2.45) is 0 Å². The molecule has 0 aliphatic heterocycles. The van der Waals surface area contributed by atoms with Crippen molar-refractivity contribution in [1.29, 1.82) is 0 Å². The van der Waals surface area contributed by atoms with Crippen molar-refractivity contribution >= 4 is 11.6 Å². The van der Waals surface area contributed by atoms with E-state index in [1.807, 2.05) is 13.1 Å². The number of aromatic nitrogens is 2. The van der Waals surface area contributed by atoms with E-state index < -0.39 is 0 Å². The molecule has 0 spiro atoms. The molecule has 1 atom stereocenters. The minimum absolute atomic E-state index is 0.0637. The van der Waals surface area contributed by atoms with Gasteiger partial charge in [0.25, 0.3) is 0 Å². The summed E-state index contributed by atoms with van der Waals surface area (Å²) in [5, 5.41) is 3.15. The van der Waals surface area contributed by atoms with Crippen molar-refractivity contribution in [2.45, 2.75) is 46.1 Å². The van der Waals surface area contributed by atoms with E-state index in [2.05, 4.69) is 68.8 Å². The van der Waals surface area contributed by atoms with Crippen LogP contribution in [0.2, 0.25) is 0 Å². The molecule has 0 amide bonds. The van der Waals surface area contributed by atoms with Gasteiger partial charge in [-0.2, -0.15) is 0 Å². The maximum atomic E-state index is 4.81. The number of hydrogen-bond acceptors (Lipinski definition) is 5. The van der Waals surface area contributed by atoms with Gasteiger partial charge in [-0.25, -0.2) is 9.97 Å². The van der Waals surface area contributed by atoms with E-state index in [4.69, 9.17) is 4.98 Å². The monoisotopic (exact) mass is 293 g/mol. The molecule has 5 heteroatoms. The quantitative estimate of drug-likeness (QED) is 0.873. The molecule has 0 saturated heterocycles. The summed E-state index contributed by atoms with van der Waals surface area (Å²) in [6.07, 6.45) is 0. The molecule has 5 nitrogen and oxygen atoms in total. The normalized spacial score (nSPS) is 13.4. The summed E-state index contributed by atoms with van der Waals surface area (Å²) in [4.78, 5) is 13.9. The van der Waals surface area contributed by atoms with Crippen molar-refractivity contribution in [1.82, 2.24) is 14.9 Å². The van der Waals surface area contributed by atoms with Gasteiger partial charge in [-0.1, -0.05) is 20.8 Å². The summed E-state index contributed by atoms with van der Waals surface area (Å²) in [6, 6.07) is 2.43. The van der Waals surface area contributed by atoms with Crippen LogP contribution in [0.3, 0.4) is 0 Å². The number of nitrogens with zero attached hydrogens (tertiary/aromatic N) is 4. The average Bonchev–Trinajstić information content (AvgIpc) is 2.37. The predicted molar refractivity (Wildman–Crippen MR) is 91.3 cm³/mol. The molecular weight excluding hydrogens is 262 g/mol. The summed E-state index contributed by atoms with van der Waals surface area (Å²) >= 11 is 0. The van der Waals surface area contributed by atoms with Gasteiger partial charge < -0.3 is 15.1 Å². The van der Waals surface area contributed by atoms with Crippen LogP contribution in [0.5, 0.6) is 0 Å². The molecule has 0 saturated carbocycles. The lowest BCUT2D eigenvalue weighted by atomic mass is 9.95. The first-order valence-electron chi connectivity index (χ1n) is 7.67. The fraction of sp³-hybridized carbons (Fsp3) is 0.750. The summed E-state index contributed by atoms with van der Waals surface area (Å²) < 4.78 is 0. The molecular formula is C16H31N5. The second-order valence-corrected chi connectivity index (χ2v) is 6.83. The highest BCUT2D eigenvalue weighted by Gasteiger charge is 2.22. The molecule has 120 valence electrons. The van der Waals surface area contributed by atoms with Gasteiger partial charge in [0.2, 0.25) is 0 Å². The molecule has 0 aliphatic rings. The third kappa shape index (κ3) is 4.84. The van der Waals surface area contributed by atoms with Gasteiger partial charge in [-0.3, -0.25) is 0 Å². The zero-order chi connectivity index (χ0) is 16.2. The van der Waals surface area contributed by atoms with Gasteiger partial charge in [0, 0.05) is 37.7 Å². The van der Waals surface area contributed by atoms with E-state index in [-0.39, 0.29) is 5.41 Å². The summed E-state index contributed by atoms with van der Waals surface area (Å²) in [5.74, 6) is 2.75. The highest BCUT2D eigenvalue weighted by Crippen LogP contribution is 2.25. The van der Waals surface area contributed by atoms with Gasteiger partial charge in [0.05, 0.1) is 0 Å². The van der Waals surface area contributed by atoms with E-state index in [0.29, 0.717) is 6.04 Å². The van der Waals surface area contributed by atoms with Gasteiger partial charge in [-0.05, 0) is 27.9 Å². The third-order valence-corrected chi connectivity index (χ3v) is 3.44. The van der Waals surface area contributed by atoms with E-state index in [1.165, 1.54) is 0 Å². The van der Waals surface area contributed by atoms with Crippen LogP contribution < -0.4 is 10.2 Å². The van der Waals surface area contributed by atoms with E-state index >= 15 is 0 Å². The number of likely N-dealkylation sites (N-methyl/N-ethyl adjacent to an activating group) is 2. The van der Waals surface area contributed by atoms with Crippen molar-refractivity contribution < 1.29 is 0 Å². The Bertz CT molecular complexity index is 450. The molecule has 0 bridgehead atoms. The fourth-order valence-corrected chi connectivity index (χ4v) is 2.37. The standard InChI is InChI=1S/C16H31N5/c1-9-21(12(2)11-20(7)8)14-10-13(17-6)18-15(19-14)16(3,4)5/h10,12H,9,11H2,1-8H3,(H,17,18,19). The minimum Gasteiger partial charge on any atom is -0.373 e. The Morgan fingerprint density at radius 2 is 1.86 bits per heavy atom. The zero-order valence-electron chi connectivity index (χ0n) is 14.9. The van der Waals surface area contributed by atoms with Crippen LogP contribution in [0.4, 0.5) is 11.6 Å². The lowest BCUT2D eigenvalue weighted by molar-refractivity contribution is 0.372. The third-order valence-electron chi connectivity index (χ3n) is 3.44. The number of nitrogens with one attached hydrogen (secondary N) is 1. The van der Waals surface area contributed by atoms with Gasteiger partial charge in [-0.15, -0.1) is 0 Å². The van der Waals surface area contributed by atoms with Gasteiger partial charge in [0.15, 0.2) is 0 Å². The van der Waals surface area contributed by atoms with Gasteiger partial charge >= 0.3 is 0 Å². The number of anilines is 2. The second kappa shape index (κ2) is 7.07. The lowest BCUT2D eigenvalue weighted by Crippen LogP contribution is -2.41. The Morgan fingerprint density at radius 1 is 1.24 bits per heavy atom. The Labute approximate surface area is 129 Å². The summed E-state index contributed by atoms with van der Waals surface area (Å²) in [5.41, 5.74) is -0.0637. The molecule has 1 aromatic rings. The molecule has 1 heterocycles. The number of hydrogen-bond donors (Lipinski definition) is 1. The molecule has 1 N–H and O–H groups in total. The second-order valence-electron chi connectivity index (χ2n) is 6.83. The molecule has 0 aliphatic carbocycles. The first-order valence-corrected chi connectivity index (χ1v) is 7.67. The lowest BCUT2D eigenvalue weighted by Gasteiger charge is -2.32. The van der Waals surface area contributed by atoms with Crippen LogP contribution in [0.1, 0.15) is 40.4 Å². The van der Waals surface area contributed by atoms with Crippen LogP contribution in [-0.4, -0.2) is 55.1 Å². The molecule has 21 heavy (non-hydrogen) atoms. The highest BCUT2D eigenvalue weighted by molar-refractivity contribution is 5.50. The van der Waals surface area contributed by atoms with Crippen LogP contribution in [-0.2, 0) is 5.41 Å². The van der Waals surface area contributed by atoms with Gasteiger partial charge in [0.1, 0.15) is 17.5 Å². The molecule has 1 aromatic heterocycles. The minimum atomic E-state index is -0.0637. The van der Waals surface area contributed by atoms with Crippen LogP contribution in [0.25, 0.3) is 0 Å². The van der Waals surface area contributed by atoms with Crippen molar-refractivity contribution in [3.8, 4) is 0 Å². The zero-order valence-corrected chi connectivity index (χ0v) is 14.9. The van der Waals surface area contributed by atoms with Crippen molar-refractivity contribution in [2.75, 3.05) is 44.4 Å². The molecule has 0 fully saturated rings. The van der Waals surface area contributed by atoms with Crippen LogP contribution in [0.15, 0.2) is 6.07 Å². The Morgan fingerprint density at radius 3 is 2.29 bits per heavy atom. The first kappa shape index (κ1) is 17.7. The number of rotatable bonds is 6. The van der Waals surface area contributed by atoms with Crippen molar-refractivity contribution in [3.63, 3.8) is 0 Å². The largest absolute Gasteiger partial charge is 0.373 e. The van der Waals surface area contributed by atoms with E-state index in [9.17, 15) is 0 Å². The maximum absolute atomic E-state index is 4.81. The predicted octanol–water partition coefficient (Wildman–Crippen LogP) is 2.59. The topological polar surface area (TPSA) is 44.3 Å². The first-order chi connectivity index (χ1) is 9.68. The summed E-state index contributed by atoms with van der Waals surface area (Å²) in [6.45, 7) is 12.8. The Kier molecular flexibility index (Phi) is 5.96. The van der Waals surface area contributed by atoms with Crippen molar-refractivity contribution in [3.05, 3.63) is 11.9 Å². The molecule has 0 aromatic carbocycles. The maximum Gasteiger partial charge on any atom is 0.138 e. The molecule has 1 unspecified atom stereocenters. The Balaban J connectivity index is 3.19. The van der Waals surface area contributed by atoms with E-state index in [0.717, 1.165) is 30.5 Å². The molecule has 0 radical (unpaired) electrons. The fourth-order valence-electron chi connectivity index (χ4n) is 2.37. The average molecular weight is 293 g/mol. The Hall–Kier alpha value is -1.36. The smallest absolute Gasteiger partial charge is 0.138 e. The SMILES string of the molecule is CCN(c1cc(NC)nc(C(C)(C)C)n1)C(C)CN(C)C. The van der Waals surface area contributed by atoms with Crippen LogP contribution in [0, 0.1) is 0 Å². The van der Waals surface area contributed by atoms with Crippen LogP contribution >= 0.6 is 0 Å². The van der Waals surface area contributed by atoms with E-state index in [1.54, 1.807) is 0 Å². The molecule has 1 rings (SSSR count).